The fraction of sp³-hybridized carbons (Fsp3) is 0.692. The molecule has 1 fully saturated rings. The Bertz CT molecular complexity index is 396. The third kappa shape index (κ3) is 1.84. The van der Waals surface area contributed by atoms with Gasteiger partial charge in [0, 0.05) is 36.7 Å². The Labute approximate surface area is 96.7 Å². The highest BCUT2D eigenvalue weighted by Gasteiger charge is 2.28. The minimum Gasteiger partial charge on any atom is -0.312 e. The van der Waals surface area contributed by atoms with Crippen LogP contribution in [0.1, 0.15) is 54.9 Å². The minimum absolute atomic E-state index is 0.677. The smallest absolute Gasteiger partial charge is 0.131 e. The van der Waals surface area contributed by atoms with Crippen LogP contribution in [-0.2, 0) is 19.4 Å². The molecule has 0 saturated heterocycles. The molecule has 2 heterocycles. The second kappa shape index (κ2) is 4.13. The van der Waals surface area contributed by atoms with Crippen molar-refractivity contribution >= 4 is 0 Å². The zero-order valence-corrected chi connectivity index (χ0v) is 9.92. The number of nitrogens with zero attached hydrogens (tertiary/aromatic N) is 2. The third-order valence-corrected chi connectivity index (χ3v) is 3.47. The van der Waals surface area contributed by atoms with Crippen molar-refractivity contribution in [2.45, 2.75) is 51.5 Å². The SMILES string of the molecule is CCCc1nc(C2CC2)nc2c1CNCC2. The molecule has 0 aromatic carbocycles. The number of aromatic nitrogens is 2. The number of rotatable bonds is 3. The van der Waals surface area contributed by atoms with Gasteiger partial charge in [0.25, 0.3) is 0 Å². The lowest BCUT2D eigenvalue weighted by Gasteiger charge is -2.20. The molecule has 86 valence electrons. The first-order chi connectivity index (χ1) is 7.88. The normalized spacial score (nSPS) is 19.6. The summed E-state index contributed by atoms with van der Waals surface area (Å²) in [5.41, 5.74) is 4.01. The van der Waals surface area contributed by atoms with Gasteiger partial charge in [-0.3, -0.25) is 0 Å². The van der Waals surface area contributed by atoms with Crippen LogP contribution in [0.25, 0.3) is 0 Å². The van der Waals surface area contributed by atoms with E-state index in [2.05, 4.69) is 12.2 Å². The molecule has 3 rings (SSSR count). The summed E-state index contributed by atoms with van der Waals surface area (Å²) in [7, 11) is 0. The Morgan fingerprint density at radius 1 is 1.31 bits per heavy atom. The molecule has 1 aromatic heterocycles. The second-order valence-electron chi connectivity index (χ2n) is 4.90. The summed E-state index contributed by atoms with van der Waals surface area (Å²) in [4.78, 5) is 9.55. The number of aryl methyl sites for hydroxylation is 1. The summed E-state index contributed by atoms with van der Waals surface area (Å²) in [5.74, 6) is 1.81. The maximum atomic E-state index is 4.79. The van der Waals surface area contributed by atoms with Gasteiger partial charge in [-0.25, -0.2) is 9.97 Å². The fourth-order valence-electron chi connectivity index (χ4n) is 2.40. The first-order valence-electron chi connectivity index (χ1n) is 6.47. The predicted octanol–water partition coefficient (Wildman–Crippen LogP) is 1.95. The maximum Gasteiger partial charge on any atom is 0.131 e. The molecule has 0 bridgehead atoms. The van der Waals surface area contributed by atoms with Gasteiger partial charge in [-0.15, -0.1) is 0 Å². The standard InChI is InChI=1S/C13H19N3/c1-2-3-11-10-8-14-7-6-12(10)16-13(15-11)9-4-5-9/h9,14H,2-8H2,1H3. The van der Waals surface area contributed by atoms with E-state index in [-0.39, 0.29) is 0 Å². The van der Waals surface area contributed by atoms with Crippen LogP contribution >= 0.6 is 0 Å². The van der Waals surface area contributed by atoms with Crippen molar-refractivity contribution in [1.29, 1.82) is 0 Å². The van der Waals surface area contributed by atoms with Gasteiger partial charge in [0.2, 0.25) is 0 Å². The van der Waals surface area contributed by atoms with Gasteiger partial charge >= 0.3 is 0 Å². The van der Waals surface area contributed by atoms with Crippen molar-refractivity contribution in [3.8, 4) is 0 Å². The van der Waals surface area contributed by atoms with Crippen molar-refractivity contribution in [3.05, 3.63) is 22.8 Å². The van der Waals surface area contributed by atoms with E-state index in [4.69, 9.17) is 9.97 Å². The van der Waals surface area contributed by atoms with Crippen LogP contribution in [0.4, 0.5) is 0 Å². The third-order valence-electron chi connectivity index (χ3n) is 3.47. The van der Waals surface area contributed by atoms with Crippen LogP contribution in [0.3, 0.4) is 0 Å². The quantitative estimate of drug-likeness (QED) is 0.841. The topological polar surface area (TPSA) is 37.8 Å². The van der Waals surface area contributed by atoms with Gasteiger partial charge in [0.1, 0.15) is 5.82 Å². The summed E-state index contributed by atoms with van der Waals surface area (Å²) in [6.07, 6.45) is 5.94. The van der Waals surface area contributed by atoms with Crippen molar-refractivity contribution in [1.82, 2.24) is 15.3 Å². The lowest BCUT2D eigenvalue weighted by atomic mass is 10.0. The highest BCUT2D eigenvalue weighted by atomic mass is 15.0. The predicted molar refractivity (Wildman–Crippen MR) is 63.4 cm³/mol. The van der Waals surface area contributed by atoms with Crippen molar-refractivity contribution in [3.63, 3.8) is 0 Å². The molecule has 1 N–H and O–H groups in total. The van der Waals surface area contributed by atoms with Crippen molar-refractivity contribution in [2.75, 3.05) is 6.54 Å². The summed E-state index contributed by atoms with van der Waals surface area (Å²) in [6.45, 7) is 4.26. The molecule has 0 spiro atoms. The Balaban J connectivity index is 2.01. The molecule has 1 aliphatic heterocycles. The minimum atomic E-state index is 0.677. The molecule has 0 unspecified atom stereocenters. The number of hydrogen-bond donors (Lipinski definition) is 1. The van der Waals surface area contributed by atoms with E-state index in [9.17, 15) is 0 Å². The van der Waals surface area contributed by atoms with Crippen molar-refractivity contribution < 1.29 is 0 Å². The number of hydrogen-bond acceptors (Lipinski definition) is 3. The Morgan fingerprint density at radius 2 is 2.19 bits per heavy atom. The monoisotopic (exact) mass is 217 g/mol. The van der Waals surface area contributed by atoms with Gasteiger partial charge in [-0.2, -0.15) is 0 Å². The fourth-order valence-corrected chi connectivity index (χ4v) is 2.40. The molecule has 16 heavy (non-hydrogen) atoms. The van der Waals surface area contributed by atoms with E-state index in [1.807, 2.05) is 0 Å². The van der Waals surface area contributed by atoms with E-state index >= 15 is 0 Å². The Morgan fingerprint density at radius 3 is 2.94 bits per heavy atom. The average molecular weight is 217 g/mol. The Hall–Kier alpha value is -0.960. The molecule has 3 heteroatoms. The van der Waals surface area contributed by atoms with Crippen LogP contribution in [0, 0.1) is 0 Å². The second-order valence-corrected chi connectivity index (χ2v) is 4.90. The number of nitrogens with one attached hydrogen (secondary N) is 1. The molecule has 0 atom stereocenters. The first kappa shape index (κ1) is 10.2. The molecule has 3 nitrogen and oxygen atoms in total. The highest BCUT2D eigenvalue weighted by molar-refractivity contribution is 5.29. The van der Waals surface area contributed by atoms with E-state index < -0.39 is 0 Å². The van der Waals surface area contributed by atoms with Crippen molar-refractivity contribution in [2.24, 2.45) is 0 Å². The summed E-state index contributed by atoms with van der Waals surface area (Å²) >= 11 is 0. The molecule has 0 radical (unpaired) electrons. The van der Waals surface area contributed by atoms with Gasteiger partial charge in [0.05, 0.1) is 5.69 Å². The van der Waals surface area contributed by atoms with Crippen LogP contribution in [-0.4, -0.2) is 16.5 Å². The highest BCUT2D eigenvalue weighted by Crippen LogP contribution is 2.38. The molecule has 1 aromatic rings. The van der Waals surface area contributed by atoms with E-state index in [0.717, 1.165) is 31.8 Å². The molecule has 0 amide bonds. The van der Waals surface area contributed by atoms with E-state index in [0.29, 0.717) is 5.92 Å². The summed E-state index contributed by atoms with van der Waals surface area (Å²) in [5, 5.41) is 3.42. The summed E-state index contributed by atoms with van der Waals surface area (Å²) in [6, 6.07) is 0. The molecule has 1 saturated carbocycles. The Kier molecular flexibility index (Phi) is 2.64. The van der Waals surface area contributed by atoms with E-state index in [1.165, 1.54) is 36.2 Å². The first-order valence-corrected chi connectivity index (χ1v) is 6.47. The summed E-state index contributed by atoms with van der Waals surface area (Å²) < 4.78 is 0. The largest absolute Gasteiger partial charge is 0.312 e. The number of fused-ring (bicyclic) bond motifs is 1. The maximum absolute atomic E-state index is 4.79. The lowest BCUT2D eigenvalue weighted by molar-refractivity contribution is 0.607. The van der Waals surface area contributed by atoms with Crippen LogP contribution in [0.5, 0.6) is 0 Å². The lowest BCUT2D eigenvalue weighted by Crippen LogP contribution is -2.27. The molecule has 1 aliphatic carbocycles. The van der Waals surface area contributed by atoms with Crippen LogP contribution < -0.4 is 5.32 Å². The average Bonchev–Trinajstić information content (AvgIpc) is 3.13. The zero-order chi connectivity index (χ0) is 11.0. The van der Waals surface area contributed by atoms with Gasteiger partial charge in [-0.1, -0.05) is 13.3 Å². The van der Waals surface area contributed by atoms with Gasteiger partial charge in [0.15, 0.2) is 0 Å². The molecular weight excluding hydrogens is 198 g/mol. The molecule has 2 aliphatic rings. The zero-order valence-electron chi connectivity index (χ0n) is 9.92. The van der Waals surface area contributed by atoms with E-state index in [1.54, 1.807) is 0 Å². The van der Waals surface area contributed by atoms with Crippen LogP contribution in [0.15, 0.2) is 0 Å². The molecular formula is C13H19N3. The van der Waals surface area contributed by atoms with Gasteiger partial charge in [-0.05, 0) is 19.3 Å². The van der Waals surface area contributed by atoms with Crippen LogP contribution in [0.2, 0.25) is 0 Å². The van der Waals surface area contributed by atoms with Gasteiger partial charge < -0.3 is 5.32 Å².